The van der Waals surface area contributed by atoms with Gasteiger partial charge in [0.15, 0.2) is 5.82 Å². The quantitative estimate of drug-likeness (QED) is 0.921. The fourth-order valence-electron chi connectivity index (χ4n) is 2.45. The Hall–Kier alpha value is -1.97. The first-order chi connectivity index (χ1) is 10.2. The van der Waals surface area contributed by atoms with Crippen LogP contribution < -0.4 is 15.5 Å². The lowest BCUT2D eigenvalue weighted by molar-refractivity contribution is 0.657. The number of halogens is 1. The van der Waals surface area contributed by atoms with E-state index in [-0.39, 0.29) is 0 Å². The molecule has 0 unspecified atom stereocenters. The molecule has 0 atom stereocenters. The van der Waals surface area contributed by atoms with Crippen LogP contribution in [0.5, 0.6) is 0 Å². The van der Waals surface area contributed by atoms with E-state index in [2.05, 4.69) is 26.3 Å². The smallest absolute Gasteiger partial charge is 0.157 e. The third kappa shape index (κ3) is 2.75. The zero-order chi connectivity index (χ0) is 14.8. The van der Waals surface area contributed by atoms with E-state index < -0.39 is 0 Å². The predicted molar refractivity (Wildman–Crippen MR) is 87.1 cm³/mol. The van der Waals surface area contributed by atoms with E-state index in [4.69, 9.17) is 22.6 Å². The number of nitrogens with two attached hydrogens (primary N) is 1. The van der Waals surface area contributed by atoms with Gasteiger partial charge in [-0.25, -0.2) is 0 Å². The lowest BCUT2D eigenvalue weighted by Gasteiger charge is -2.36. The molecule has 108 valence electrons. The number of benzene rings is 1. The molecule has 5 nitrogen and oxygen atoms in total. The molecule has 0 saturated carbocycles. The van der Waals surface area contributed by atoms with Gasteiger partial charge in [0.25, 0.3) is 0 Å². The van der Waals surface area contributed by atoms with Crippen molar-refractivity contribution in [3.8, 4) is 6.07 Å². The number of nitrogen functional groups attached to an aromatic ring is 1. The SMILES string of the molecule is N#Cc1c(N)nsc1N1CCN(c2cccc(Cl)c2)CC1. The molecule has 1 aliphatic rings. The first-order valence-electron chi connectivity index (χ1n) is 6.60. The number of nitrogens with zero attached hydrogens (tertiary/aromatic N) is 4. The number of anilines is 3. The number of nitriles is 1. The van der Waals surface area contributed by atoms with Gasteiger partial charge in [-0.15, -0.1) is 0 Å². The molecule has 1 aliphatic heterocycles. The van der Waals surface area contributed by atoms with Crippen LogP contribution in [0.3, 0.4) is 0 Å². The molecule has 0 aliphatic carbocycles. The third-order valence-electron chi connectivity index (χ3n) is 3.55. The molecule has 0 spiro atoms. The summed E-state index contributed by atoms with van der Waals surface area (Å²) < 4.78 is 4.08. The molecule has 0 amide bonds. The average Bonchev–Trinajstić information content (AvgIpc) is 2.88. The van der Waals surface area contributed by atoms with Crippen molar-refractivity contribution in [2.24, 2.45) is 0 Å². The number of hydrogen-bond donors (Lipinski definition) is 1. The van der Waals surface area contributed by atoms with Crippen molar-refractivity contribution in [1.29, 1.82) is 5.26 Å². The van der Waals surface area contributed by atoms with Gasteiger partial charge < -0.3 is 15.5 Å². The normalized spacial score (nSPS) is 15.0. The Morgan fingerprint density at radius 1 is 1.24 bits per heavy atom. The first kappa shape index (κ1) is 14.0. The van der Waals surface area contributed by atoms with Crippen LogP contribution in [0.15, 0.2) is 24.3 Å². The summed E-state index contributed by atoms with van der Waals surface area (Å²) in [4.78, 5) is 4.46. The minimum Gasteiger partial charge on any atom is -0.382 e. The van der Waals surface area contributed by atoms with Gasteiger partial charge in [-0.3, -0.25) is 0 Å². The monoisotopic (exact) mass is 319 g/mol. The molecule has 0 radical (unpaired) electrons. The van der Waals surface area contributed by atoms with Crippen LogP contribution in [0.2, 0.25) is 5.02 Å². The second-order valence-corrected chi connectivity index (χ2v) is 6.00. The zero-order valence-electron chi connectivity index (χ0n) is 11.3. The van der Waals surface area contributed by atoms with E-state index in [0.717, 1.165) is 41.9 Å². The molecule has 1 aromatic heterocycles. The fourth-order valence-corrected chi connectivity index (χ4v) is 3.45. The van der Waals surface area contributed by atoms with Crippen LogP contribution in [-0.2, 0) is 0 Å². The Balaban J connectivity index is 1.72. The van der Waals surface area contributed by atoms with E-state index in [0.29, 0.717) is 11.4 Å². The molecule has 1 saturated heterocycles. The topological polar surface area (TPSA) is 69.2 Å². The second-order valence-electron chi connectivity index (χ2n) is 4.81. The summed E-state index contributed by atoms with van der Waals surface area (Å²) in [7, 11) is 0. The van der Waals surface area contributed by atoms with Crippen LogP contribution in [0.25, 0.3) is 0 Å². The lowest BCUT2D eigenvalue weighted by atomic mass is 10.2. The Labute approximate surface area is 132 Å². The van der Waals surface area contributed by atoms with Crippen LogP contribution in [0.1, 0.15) is 5.56 Å². The van der Waals surface area contributed by atoms with Crippen molar-refractivity contribution < 1.29 is 0 Å². The summed E-state index contributed by atoms with van der Waals surface area (Å²) in [6.45, 7) is 3.43. The summed E-state index contributed by atoms with van der Waals surface area (Å²) in [5.41, 5.74) is 7.35. The lowest BCUT2D eigenvalue weighted by Crippen LogP contribution is -2.46. The highest BCUT2D eigenvalue weighted by atomic mass is 35.5. The van der Waals surface area contributed by atoms with Crippen molar-refractivity contribution in [3.05, 3.63) is 34.9 Å². The summed E-state index contributed by atoms with van der Waals surface area (Å²) in [6, 6.07) is 10.0. The van der Waals surface area contributed by atoms with Gasteiger partial charge in [0.05, 0.1) is 0 Å². The Kier molecular flexibility index (Phi) is 3.86. The van der Waals surface area contributed by atoms with E-state index in [1.807, 2.05) is 18.2 Å². The highest BCUT2D eigenvalue weighted by Crippen LogP contribution is 2.31. The van der Waals surface area contributed by atoms with Crippen molar-refractivity contribution in [2.75, 3.05) is 41.7 Å². The van der Waals surface area contributed by atoms with E-state index in [1.165, 1.54) is 11.5 Å². The van der Waals surface area contributed by atoms with Gasteiger partial charge in [-0.1, -0.05) is 17.7 Å². The van der Waals surface area contributed by atoms with E-state index in [1.54, 1.807) is 0 Å². The first-order valence-corrected chi connectivity index (χ1v) is 7.75. The van der Waals surface area contributed by atoms with Crippen LogP contribution in [0.4, 0.5) is 16.5 Å². The average molecular weight is 320 g/mol. The van der Waals surface area contributed by atoms with Gasteiger partial charge >= 0.3 is 0 Å². The van der Waals surface area contributed by atoms with Crippen molar-refractivity contribution in [2.45, 2.75) is 0 Å². The largest absolute Gasteiger partial charge is 0.382 e. The van der Waals surface area contributed by atoms with Crippen LogP contribution in [-0.4, -0.2) is 30.6 Å². The maximum Gasteiger partial charge on any atom is 0.157 e. The fraction of sp³-hybridized carbons (Fsp3) is 0.286. The van der Waals surface area contributed by atoms with Crippen molar-refractivity contribution in [1.82, 2.24) is 4.37 Å². The van der Waals surface area contributed by atoms with Gasteiger partial charge in [-0.05, 0) is 29.7 Å². The minimum absolute atomic E-state index is 0.328. The number of hydrogen-bond acceptors (Lipinski definition) is 6. The van der Waals surface area contributed by atoms with Crippen molar-refractivity contribution >= 4 is 39.6 Å². The van der Waals surface area contributed by atoms with Crippen LogP contribution >= 0.6 is 23.1 Å². The van der Waals surface area contributed by atoms with Crippen LogP contribution in [0, 0.1) is 11.3 Å². The molecule has 2 aromatic rings. The molecule has 21 heavy (non-hydrogen) atoms. The maximum atomic E-state index is 9.16. The second kappa shape index (κ2) is 5.80. The number of rotatable bonds is 2. The molecule has 1 aromatic carbocycles. The van der Waals surface area contributed by atoms with Crippen molar-refractivity contribution in [3.63, 3.8) is 0 Å². The molecule has 2 N–H and O–H groups in total. The molecule has 3 rings (SSSR count). The zero-order valence-corrected chi connectivity index (χ0v) is 12.9. The van der Waals surface area contributed by atoms with Gasteiger partial charge in [-0.2, -0.15) is 9.64 Å². The standard InChI is InChI=1S/C14H14ClN5S/c15-10-2-1-3-11(8-10)19-4-6-20(7-5-19)14-12(9-16)13(17)18-21-14/h1-3,8H,4-7H2,(H2,17,18). The summed E-state index contributed by atoms with van der Waals surface area (Å²) in [5.74, 6) is 0.328. The van der Waals surface area contributed by atoms with Gasteiger partial charge in [0.2, 0.25) is 0 Å². The molecule has 7 heteroatoms. The molecule has 2 heterocycles. The van der Waals surface area contributed by atoms with E-state index in [9.17, 15) is 0 Å². The van der Waals surface area contributed by atoms with Gasteiger partial charge in [0.1, 0.15) is 16.6 Å². The minimum atomic E-state index is 0.328. The van der Waals surface area contributed by atoms with E-state index >= 15 is 0 Å². The molecule has 1 fully saturated rings. The highest BCUT2D eigenvalue weighted by Gasteiger charge is 2.22. The summed E-state index contributed by atoms with van der Waals surface area (Å²) in [6.07, 6.45) is 0. The highest BCUT2D eigenvalue weighted by molar-refractivity contribution is 7.10. The Bertz CT molecular complexity index is 685. The maximum absolute atomic E-state index is 9.16. The Morgan fingerprint density at radius 3 is 2.62 bits per heavy atom. The molecular weight excluding hydrogens is 306 g/mol. The molecule has 0 bridgehead atoms. The molecular formula is C14H14ClN5S. The summed E-state index contributed by atoms with van der Waals surface area (Å²) >= 11 is 7.33. The number of piperazine rings is 1. The number of aromatic nitrogens is 1. The third-order valence-corrected chi connectivity index (χ3v) is 4.71. The Morgan fingerprint density at radius 2 is 1.95 bits per heavy atom. The summed E-state index contributed by atoms with van der Waals surface area (Å²) in [5, 5.41) is 10.8. The van der Waals surface area contributed by atoms with Gasteiger partial charge in [0, 0.05) is 36.9 Å². The predicted octanol–water partition coefficient (Wildman–Crippen LogP) is 2.58.